The van der Waals surface area contributed by atoms with Crippen LogP contribution >= 0.6 is 11.8 Å². The lowest BCUT2D eigenvalue weighted by molar-refractivity contribution is 0.473. The van der Waals surface area contributed by atoms with Crippen LogP contribution in [0.2, 0.25) is 0 Å². The zero-order valence-electron chi connectivity index (χ0n) is 5.49. The summed E-state index contributed by atoms with van der Waals surface area (Å²) in [5.74, 6) is 2.55. The van der Waals surface area contributed by atoms with Gasteiger partial charge in [-0.1, -0.05) is 0 Å². The van der Waals surface area contributed by atoms with E-state index in [0.29, 0.717) is 12.3 Å². The molecule has 0 radical (unpaired) electrons. The van der Waals surface area contributed by atoms with Gasteiger partial charge < -0.3 is 0 Å². The first kappa shape index (κ1) is 8.36. The van der Waals surface area contributed by atoms with Gasteiger partial charge in [-0.25, -0.2) is 0 Å². The van der Waals surface area contributed by atoms with E-state index in [1.807, 2.05) is 11.8 Å². The molecule has 0 aliphatic carbocycles. The number of hydrogen-bond acceptors (Lipinski definition) is 3. The van der Waals surface area contributed by atoms with Gasteiger partial charge in [-0.15, -0.1) is 0 Å². The highest BCUT2D eigenvalue weighted by Gasteiger charge is 2.19. The maximum Gasteiger partial charge on any atom is 0.264 e. The Hall–Kier alpha value is 0.260. The first-order valence-corrected chi connectivity index (χ1v) is 5.87. The summed E-state index contributed by atoms with van der Waals surface area (Å²) in [6.07, 6.45) is 0.617. The molecule has 0 unspecified atom stereocenters. The third-order valence-corrected chi connectivity index (χ3v) is 3.66. The van der Waals surface area contributed by atoms with E-state index in [0.717, 1.165) is 11.5 Å². The lowest BCUT2D eigenvalue weighted by Crippen LogP contribution is -2.21. The van der Waals surface area contributed by atoms with E-state index in [-0.39, 0.29) is 5.75 Å². The van der Waals surface area contributed by atoms with Crippen molar-refractivity contribution in [2.75, 3.05) is 17.3 Å². The number of rotatable bonds is 3. The molecule has 3 nitrogen and oxygen atoms in total. The minimum atomic E-state index is -3.70. The summed E-state index contributed by atoms with van der Waals surface area (Å²) in [6.45, 7) is 0. The van der Waals surface area contributed by atoms with Gasteiger partial charge in [0.1, 0.15) is 0 Å². The standard InChI is InChI=1S/C5H10O3S2/c6-10(7,8)2-1-5-3-9-4-5/h5H,1-4H2,(H,6,7,8). The second-order valence-electron chi connectivity index (χ2n) is 2.48. The summed E-state index contributed by atoms with van der Waals surface area (Å²) in [5.41, 5.74) is 0. The molecule has 1 fully saturated rings. The summed E-state index contributed by atoms with van der Waals surface area (Å²) in [7, 11) is -3.70. The fourth-order valence-electron chi connectivity index (χ4n) is 0.767. The Kier molecular flexibility index (Phi) is 2.60. The third-order valence-electron chi connectivity index (χ3n) is 1.49. The Balaban J connectivity index is 2.16. The molecule has 1 rings (SSSR count). The Bertz CT molecular complexity index is 193. The van der Waals surface area contributed by atoms with Crippen LogP contribution in [0.4, 0.5) is 0 Å². The molecule has 0 bridgehead atoms. The van der Waals surface area contributed by atoms with Gasteiger partial charge in [0.2, 0.25) is 0 Å². The van der Waals surface area contributed by atoms with Crippen molar-refractivity contribution < 1.29 is 13.0 Å². The maximum absolute atomic E-state index is 10.2. The average Bonchev–Trinajstić information content (AvgIpc) is 1.56. The lowest BCUT2D eigenvalue weighted by atomic mass is 10.1. The van der Waals surface area contributed by atoms with Crippen molar-refractivity contribution in [2.24, 2.45) is 5.92 Å². The van der Waals surface area contributed by atoms with Crippen molar-refractivity contribution in [3.05, 3.63) is 0 Å². The monoisotopic (exact) mass is 182 g/mol. The van der Waals surface area contributed by atoms with Crippen LogP contribution in [-0.4, -0.2) is 30.2 Å². The van der Waals surface area contributed by atoms with Crippen molar-refractivity contribution >= 4 is 21.9 Å². The molecule has 10 heavy (non-hydrogen) atoms. The van der Waals surface area contributed by atoms with Crippen molar-refractivity contribution in [1.29, 1.82) is 0 Å². The molecule has 0 aromatic rings. The normalized spacial score (nSPS) is 20.5. The van der Waals surface area contributed by atoms with E-state index in [1.54, 1.807) is 0 Å². The second-order valence-corrected chi connectivity index (χ2v) is 5.13. The first-order valence-electron chi connectivity index (χ1n) is 3.11. The molecule has 1 aliphatic rings. The maximum atomic E-state index is 10.2. The predicted molar refractivity (Wildman–Crippen MR) is 41.8 cm³/mol. The molecule has 60 valence electrons. The minimum Gasteiger partial charge on any atom is -0.286 e. The molecule has 0 amide bonds. The summed E-state index contributed by atoms with van der Waals surface area (Å²) < 4.78 is 28.8. The third kappa shape index (κ3) is 2.90. The summed E-state index contributed by atoms with van der Waals surface area (Å²) in [5, 5.41) is 0. The molecule has 1 N–H and O–H groups in total. The van der Waals surface area contributed by atoms with E-state index < -0.39 is 10.1 Å². The largest absolute Gasteiger partial charge is 0.286 e. The Morgan fingerprint density at radius 2 is 2.10 bits per heavy atom. The van der Waals surface area contributed by atoms with Crippen molar-refractivity contribution in [3.63, 3.8) is 0 Å². The molecule has 0 aromatic heterocycles. The fraction of sp³-hybridized carbons (Fsp3) is 1.00. The van der Waals surface area contributed by atoms with E-state index in [1.165, 1.54) is 0 Å². The molecular weight excluding hydrogens is 172 g/mol. The first-order chi connectivity index (χ1) is 4.58. The highest BCUT2D eigenvalue weighted by molar-refractivity contribution is 8.00. The summed E-state index contributed by atoms with van der Waals surface area (Å²) >= 11 is 1.82. The van der Waals surface area contributed by atoms with Crippen LogP contribution in [0.3, 0.4) is 0 Å². The van der Waals surface area contributed by atoms with Crippen LogP contribution in [0, 0.1) is 5.92 Å². The van der Waals surface area contributed by atoms with Gasteiger partial charge in [0.05, 0.1) is 5.75 Å². The topological polar surface area (TPSA) is 54.4 Å². The smallest absolute Gasteiger partial charge is 0.264 e. The molecular formula is C5H10O3S2. The molecule has 0 aromatic carbocycles. The lowest BCUT2D eigenvalue weighted by Gasteiger charge is -2.23. The second kappa shape index (κ2) is 3.11. The van der Waals surface area contributed by atoms with Crippen molar-refractivity contribution in [3.8, 4) is 0 Å². The van der Waals surface area contributed by atoms with Gasteiger partial charge in [-0.3, -0.25) is 4.55 Å². The van der Waals surface area contributed by atoms with Gasteiger partial charge in [-0.05, 0) is 23.8 Å². The van der Waals surface area contributed by atoms with Gasteiger partial charge in [0.15, 0.2) is 0 Å². The molecule has 1 heterocycles. The van der Waals surface area contributed by atoms with Crippen molar-refractivity contribution in [1.82, 2.24) is 0 Å². The molecule has 0 atom stereocenters. The Morgan fingerprint density at radius 3 is 2.40 bits per heavy atom. The summed E-state index contributed by atoms with van der Waals surface area (Å²) in [4.78, 5) is 0. The van der Waals surface area contributed by atoms with E-state index in [2.05, 4.69) is 0 Å². The average molecular weight is 182 g/mol. The summed E-state index contributed by atoms with van der Waals surface area (Å²) in [6, 6.07) is 0. The highest BCUT2D eigenvalue weighted by Crippen LogP contribution is 2.27. The minimum absolute atomic E-state index is 0.0712. The van der Waals surface area contributed by atoms with Crippen LogP contribution in [0.25, 0.3) is 0 Å². The van der Waals surface area contributed by atoms with E-state index in [9.17, 15) is 8.42 Å². The Labute approximate surface area is 64.9 Å². The molecule has 1 saturated heterocycles. The van der Waals surface area contributed by atoms with Gasteiger partial charge in [0.25, 0.3) is 10.1 Å². The number of thioether (sulfide) groups is 1. The molecule has 1 aliphatic heterocycles. The van der Waals surface area contributed by atoms with Gasteiger partial charge in [0, 0.05) is 0 Å². The van der Waals surface area contributed by atoms with Gasteiger partial charge >= 0.3 is 0 Å². The fourth-order valence-corrected chi connectivity index (χ4v) is 2.30. The quantitative estimate of drug-likeness (QED) is 0.650. The number of hydrogen-bond donors (Lipinski definition) is 1. The van der Waals surface area contributed by atoms with Gasteiger partial charge in [-0.2, -0.15) is 20.2 Å². The van der Waals surface area contributed by atoms with Crippen LogP contribution in [0.15, 0.2) is 0 Å². The van der Waals surface area contributed by atoms with Crippen LogP contribution < -0.4 is 0 Å². The van der Waals surface area contributed by atoms with E-state index >= 15 is 0 Å². The molecule has 0 spiro atoms. The SMILES string of the molecule is O=S(=O)(O)CCC1CSC1. The predicted octanol–water partition coefficient (Wildman–Crippen LogP) is 0.627. The zero-order chi connectivity index (χ0) is 7.61. The highest BCUT2D eigenvalue weighted by atomic mass is 32.2. The van der Waals surface area contributed by atoms with E-state index in [4.69, 9.17) is 4.55 Å². The van der Waals surface area contributed by atoms with Crippen LogP contribution in [0.5, 0.6) is 0 Å². The molecule has 0 saturated carbocycles. The zero-order valence-corrected chi connectivity index (χ0v) is 7.12. The van der Waals surface area contributed by atoms with Crippen LogP contribution in [0.1, 0.15) is 6.42 Å². The van der Waals surface area contributed by atoms with Crippen LogP contribution in [-0.2, 0) is 10.1 Å². The Morgan fingerprint density at radius 1 is 1.50 bits per heavy atom. The molecule has 5 heteroatoms. The van der Waals surface area contributed by atoms with Crippen molar-refractivity contribution in [2.45, 2.75) is 6.42 Å².